The van der Waals surface area contributed by atoms with Crippen molar-refractivity contribution in [3.63, 3.8) is 0 Å². The monoisotopic (exact) mass is 347 g/mol. The van der Waals surface area contributed by atoms with Crippen LogP contribution in [0.15, 0.2) is 36.5 Å². The second kappa shape index (κ2) is 6.16. The molecule has 2 heterocycles. The smallest absolute Gasteiger partial charge is 0.322 e. The Morgan fingerprint density at radius 3 is 2.67 bits per heavy atom. The molecular weight excluding hydrogens is 330 g/mol. The number of amides is 2. The minimum absolute atomic E-state index is 0.0540. The molecule has 24 heavy (non-hydrogen) atoms. The predicted octanol–water partition coefficient (Wildman–Crippen LogP) is 1.24. The van der Waals surface area contributed by atoms with Gasteiger partial charge in [0.05, 0.1) is 28.9 Å². The van der Waals surface area contributed by atoms with E-state index in [1.807, 2.05) is 30.3 Å². The van der Waals surface area contributed by atoms with E-state index in [9.17, 15) is 13.2 Å². The van der Waals surface area contributed by atoms with Crippen LogP contribution in [0.4, 0.5) is 10.7 Å². The summed E-state index contributed by atoms with van der Waals surface area (Å²) in [5, 5.41) is 12.8. The fraction of sp³-hybridized carbons (Fsp3) is 0.333. The molecule has 2 amide bonds. The highest BCUT2D eigenvalue weighted by Gasteiger charge is 2.39. The third-order valence-electron chi connectivity index (χ3n) is 3.77. The molecule has 1 aliphatic heterocycles. The Labute approximate surface area is 139 Å². The van der Waals surface area contributed by atoms with Crippen LogP contribution in [-0.4, -0.2) is 46.7 Å². The molecule has 1 atom stereocenters. The van der Waals surface area contributed by atoms with Crippen molar-refractivity contribution in [2.45, 2.75) is 18.9 Å². The van der Waals surface area contributed by atoms with Gasteiger partial charge in [-0.1, -0.05) is 30.3 Å². The minimum Gasteiger partial charge on any atom is -0.332 e. The number of aromatic nitrogens is 3. The Morgan fingerprint density at radius 2 is 2.00 bits per heavy atom. The summed E-state index contributed by atoms with van der Waals surface area (Å²) in [4.78, 5) is 16.4. The van der Waals surface area contributed by atoms with E-state index in [0.717, 1.165) is 5.56 Å². The van der Waals surface area contributed by atoms with Crippen molar-refractivity contribution in [2.75, 3.05) is 16.8 Å². The van der Waals surface area contributed by atoms with Crippen LogP contribution in [0.5, 0.6) is 0 Å². The van der Waals surface area contributed by atoms with E-state index >= 15 is 0 Å². The summed E-state index contributed by atoms with van der Waals surface area (Å²) in [5.74, 6) is 0.0559. The number of nitrogens with one attached hydrogen (secondary N) is 2. The van der Waals surface area contributed by atoms with E-state index in [0.29, 0.717) is 12.1 Å². The molecule has 0 spiro atoms. The van der Waals surface area contributed by atoms with Crippen molar-refractivity contribution in [1.29, 1.82) is 0 Å². The zero-order chi connectivity index (χ0) is 17.2. The zero-order valence-corrected chi connectivity index (χ0v) is 13.9. The molecule has 8 nitrogen and oxygen atoms in total. The number of urea groups is 1. The Bertz CT molecular complexity index is 856. The molecule has 2 N–H and O–H groups in total. The summed E-state index contributed by atoms with van der Waals surface area (Å²) in [6.45, 7) is 1.70. The number of benzene rings is 1. The summed E-state index contributed by atoms with van der Waals surface area (Å²) in [6.07, 6.45) is 1.88. The maximum atomic E-state index is 12.1. The average Bonchev–Trinajstić information content (AvgIpc) is 2.81. The predicted molar refractivity (Wildman–Crippen MR) is 89.1 cm³/mol. The summed E-state index contributed by atoms with van der Waals surface area (Å²) < 4.78 is 23.2. The second-order valence-corrected chi connectivity index (χ2v) is 8.20. The van der Waals surface area contributed by atoms with E-state index in [4.69, 9.17) is 0 Å². The molecule has 1 aromatic carbocycles. The molecule has 0 bridgehead atoms. The Hall–Kier alpha value is -2.55. The number of hydrogen-bond donors (Lipinski definition) is 2. The standard InChI is InChI=1S/C15H17N5O3S/c1-15(7-8-24(22,23)10-15)19-14(21)18-13-17-12(9-16-20-13)11-5-3-2-4-6-11/h2-6,9H,7-8,10H2,1H3,(H2,17,18,19,20,21)/t15-/m0/s1. The van der Waals surface area contributed by atoms with Gasteiger partial charge in [-0.2, -0.15) is 5.10 Å². The molecule has 1 fully saturated rings. The molecule has 0 unspecified atom stereocenters. The molecule has 1 saturated heterocycles. The molecule has 126 valence electrons. The lowest BCUT2D eigenvalue weighted by Gasteiger charge is -2.23. The lowest BCUT2D eigenvalue weighted by Crippen LogP contribution is -2.48. The minimum atomic E-state index is -3.10. The largest absolute Gasteiger partial charge is 0.332 e. The maximum absolute atomic E-state index is 12.1. The van der Waals surface area contributed by atoms with Crippen LogP contribution in [0.1, 0.15) is 13.3 Å². The SMILES string of the molecule is C[C@]1(NC(=O)Nc2nncc(-c3ccccc3)n2)CCS(=O)(=O)C1. The van der Waals surface area contributed by atoms with Crippen molar-refractivity contribution >= 4 is 21.8 Å². The van der Waals surface area contributed by atoms with Crippen LogP contribution < -0.4 is 10.6 Å². The van der Waals surface area contributed by atoms with E-state index in [1.54, 1.807) is 6.92 Å². The Balaban J connectivity index is 1.69. The normalized spacial score (nSPS) is 22.0. The number of nitrogens with zero attached hydrogens (tertiary/aromatic N) is 3. The van der Waals surface area contributed by atoms with Crippen LogP contribution >= 0.6 is 0 Å². The lowest BCUT2D eigenvalue weighted by atomic mass is 10.0. The fourth-order valence-corrected chi connectivity index (χ4v) is 4.71. The van der Waals surface area contributed by atoms with E-state index in [-0.39, 0.29) is 17.5 Å². The highest BCUT2D eigenvalue weighted by Crippen LogP contribution is 2.23. The van der Waals surface area contributed by atoms with Gasteiger partial charge in [-0.15, -0.1) is 5.10 Å². The van der Waals surface area contributed by atoms with Gasteiger partial charge in [-0.05, 0) is 13.3 Å². The molecule has 1 aromatic heterocycles. The van der Waals surface area contributed by atoms with Crippen LogP contribution in [0, 0.1) is 0 Å². The third kappa shape index (κ3) is 3.85. The van der Waals surface area contributed by atoms with Crippen molar-refractivity contribution < 1.29 is 13.2 Å². The van der Waals surface area contributed by atoms with Crippen molar-refractivity contribution in [1.82, 2.24) is 20.5 Å². The Kier molecular flexibility index (Phi) is 4.18. The van der Waals surface area contributed by atoms with Crippen LogP contribution in [0.2, 0.25) is 0 Å². The number of carbonyl (C=O) groups excluding carboxylic acids is 1. The third-order valence-corrected chi connectivity index (χ3v) is 5.68. The molecule has 3 rings (SSSR count). The number of rotatable bonds is 3. The van der Waals surface area contributed by atoms with Crippen LogP contribution in [0.3, 0.4) is 0 Å². The van der Waals surface area contributed by atoms with Gasteiger partial charge in [0.25, 0.3) is 5.95 Å². The number of hydrogen-bond acceptors (Lipinski definition) is 6. The van der Waals surface area contributed by atoms with Crippen molar-refractivity contribution in [3.05, 3.63) is 36.5 Å². The molecule has 9 heteroatoms. The lowest BCUT2D eigenvalue weighted by molar-refractivity contribution is 0.242. The van der Waals surface area contributed by atoms with E-state index in [2.05, 4.69) is 25.8 Å². The second-order valence-electron chi connectivity index (χ2n) is 6.01. The summed E-state index contributed by atoms with van der Waals surface area (Å²) in [7, 11) is -3.10. The summed E-state index contributed by atoms with van der Waals surface area (Å²) >= 11 is 0. The van der Waals surface area contributed by atoms with Crippen molar-refractivity contribution in [3.8, 4) is 11.3 Å². The molecule has 2 aromatic rings. The topological polar surface area (TPSA) is 114 Å². The highest BCUT2D eigenvalue weighted by atomic mass is 32.2. The molecule has 1 aliphatic rings. The van der Waals surface area contributed by atoms with Crippen LogP contribution in [0.25, 0.3) is 11.3 Å². The van der Waals surface area contributed by atoms with Gasteiger partial charge in [0.15, 0.2) is 9.84 Å². The van der Waals surface area contributed by atoms with E-state index < -0.39 is 21.4 Å². The van der Waals surface area contributed by atoms with E-state index in [1.165, 1.54) is 6.20 Å². The number of carbonyl (C=O) groups is 1. The first-order chi connectivity index (χ1) is 11.4. The quantitative estimate of drug-likeness (QED) is 0.863. The van der Waals surface area contributed by atoms with Crippen LogP contribution in [-0.2, 0) is 9.84 Å². The van der Waals surface area contributed by atoms with Gasteiger partial charge < -0.3 is 5.32 Å². The molecular formula is C15H17N5O3S. The highest BCUT2D eigenvalue weighted by molar-refractivity contribution is 7.91. The first kappa shape index (κ1) is 16.3. The van der Waals surface area contributed by atoms with Gasteiger partial charge in [-0.25, -0.2) is 18.2 Å². The van der Waals surface area contributed by atoms with Gasteiger partial charge >= 0.3 is 6.03 Å². The van der Waals surface area contributed by atoms with Gasteiger partial charge in [0.1, 0.15) is 0 Å². The maximum Gasteiger partial charge on any atom is 0.322 e. The summed E-state index contributed by atoms with van der Waals surface area (Å²) in [6, 6.07) is 8.83. The van der Waals surface area contributed by atoms with Gasteiger partial charge in [-0.3, -0.25) is 5.32 Å². The number of anilines is 1. The average molecular weight is 347 g/mol. The first-order valence-corrected chi connectivity index (χ1v) is 9.22. The first-order valence-electron chi connectivity index (χ1n) is 7.40. The number of sulfone groups is 1. The Morgan fingerprint density at radius 1 is 1.25 bits per heavy atom. The molecule has 0 saturated carbocycles. The fourth-order valence-electron chi connectivity index (χ4n) is 2.62. The zero-order valence-electron chi connectivity index (χ0n) is 13.1. The van der Waals surface area contributed by atoms with Gasteiger partial charge in [0, 0.05) is 5.56 Å². The van der Waals surface area contributed by atoms with Gasteiger partial charge in [0.2, 0.25) is 0 Å². The summed E-state index contributed by atoms with van der Waals surface area (Å²) in [5.41, 5.74) is 0.646. The molecule has 0 aliphatic carbocycles. The van der Waals surface area contributed by atoms with Crippen molar-refractivity contribution in [2.24, 2.45) is 0 Å². The molecule has 0 radical (unpaired) electrons.